The Hall–Kier alpha value is -2.86. The Bertz CT molecular complexity index is 797. The van der Waals surface area contributed by atoms with Gasteiger partial charge in [-0.1, -0.05) is 18.2 Å². The molecule has 0 unspecified atom stereocenters. The summed E-state index contributed by atoms with van der Waals surface area (Å²) in [6.07, 6.45) is 0.360. The smallest absolute Gasteiger partial charge is 0.255 e. The molecule has 0 saturated carbocycles. The first-order valence-electron chi connectivity index (χ1n) is 9.06. The zero-order valence-corrected chi connectivity index (χ0v) is 15.8. The fourth-order valence-electron chi connectivity index (χ4n) is 2.93. The first kappa shape index (κ1) is 18.9. The van der Waals surface area contributed by atoms with E-state index in [4.69, 9.17) is 4.74 Å². The third-order valence-electron chi connectivity index (χ3n) is 4.56. The van der Waals surface area contributed by atoms with Crippen LogP contribution in [-0.2, 0) is 16.0 Å². The topological polar surface area (TPSA) is 61.9 Å². The number of ether oxygens (including phenoxy) is 1. The average molecular weight is 367 g/mol. The number of nitrogens with zero attached hydrogens (tertiary/aromatic N) is 2. The molecule has 0 spiro atoms. The van der Waals surface area contributed by atoms with Crippen molar-refractivity contribution in [2.45, 2.75) is 6.42 Å². The van der Waals surface area contributed by atoms with Gasteiger partial charge < -0.3 is 19.9 Å². The molecule has 0 aromatic heterocycles. The average Bonchev–Trinajstić information content (AvgIpc) is 2.70. The Morgan fingerprint density at radius 2 is 1.78 bits per heavy atom. The van der Waals surface area contributed by atoms with Crippen molar-refractivity contribution >= 4 is 23.2 Å². The van der Waals surface area contributed by atoms with Gasteiger partial charge >= 0.3 is 0 Å². The Morgan fingerprint density at radius 3 is 2.44 bits per heavy atom. The maximum Gasteiger partial charge on any atom is 0.255 e. The van der Waals surface area contributed by atoms with Gasteiger partial charge in [0.25, 0.3) is 5.91 Å². The van der Waals surface area contributed by atoms with Crippen LogP contribution in [0.3, 0.4) is 0 Å². The van der Waals surface area contributed by atoms with E-state index in [-0.39, 0.29) is 11.8 Å². The van der Waals surface area contributed by atoms with Gasteiger partial charge in [0.1, 0.15) is 0 Å². The molecule has 3 rings (SSSR count). The summed E-state index contributed by atoms with van der Waals surface area (Å²) in [5.41, 5.74) is 3.21. The first-order chi connectivity index (χ1) is 13.0. The standard InChI is InChI=1S/C21H25N3O3/c1-23(2)19-5-3-4-17(15-19)21(26)22-18-8-6-16(7-9-18)14-20(25)24-10-12-27-13-11-24/h3-9,15H,10-14H2,1-2H3,(H,22,26). The van der Waals surface area contributed by atoms with E-state index in [0.29, 0.717) is 44.0 Å². The summed E-state index contributed by atoms with van der Waals surface area (Å²) in [7, 11) is 3.88. The largest absolute Gasteiger partial charge is 0.378 e. The third kappa shape index (κ3) is 5.08. The Labute approximate surface area is 159 Å². The number of rotatable bonds is 5. The number of amides is 2. The van der Waals surface area contributed by atoms with Crippen LogP contribution >= 0.6 is 0 Å². The molecule has 6 nitrogen and oxygen atoms in total. The number of anilines is 2. The molecule has 1 heterocycles. The number of hydrogen-bond acceptors (Lipinski definition) is 4. The van der Waals surface area contributed by atoms with Crippen molar-refractivity contribution in [3.8, 4) is 0 Å². The number of morpholine rings is 1. The van der Waals surface area contributed by atoms with Crippen molar-refractivity contribution in [1.29, 1.82) is 0 Å². The maximum absolute atomic E-state index is 12.5. The van der Waals surface area contributed by atoms with Crippen molar-refractivity contribution in [1.82, 2.24) is 4.90 Å². The van der Waals surface area contributed by atoms with E-state index in [1.165, 1.54) is 0 Å². The lowest BCUT2D eigenvalue weighted by molar-refractivity contribution is -0.134. The van der Waals surface area contributed by atoms with Crippen LogP contribution in [0.1, 0.15) is 15.9 Å². The van der Waals surface area contributed by atoms with Gasteiger partial charge in [-0.2, -0.15) is 0 Å². The van der Waals surface area contributed by atoms with Crippen molar-refractivity contribution in [2.75, 3.05) is 50.6 Å². The highest BCUT2D eigenvalue weighted by Gasteiger charge is 2.17. The molecule has 2 aromatic carbocycles. The highest BCUT2D eigenvalue weighted by Crippen LogP contribution is 2.16. The van der Waals surface area contributed by atoms with Crippen LogP contribution < -0.4 is 10.2 Å². The fourth-order valence-corrected chi connectivity index (χ4v) is 2.93. The molecule has 142 valence electrons. The number of nitrogens with one attached hydrogen (secondary N) is 1. The Morgan fingerprint density at radius 1 is 1.07 bits per heavy atom. The molecule has 6 heteroatoms. The van der Waals surface area contributed by atoms with Crippen molar-refractivity contribution in [2.24, 2.45) is 0 Å². The molecule has 0 aliphatic carbocycles. The zero-order valence-electron chi connectivity index (χ0n) is 15.8. The lowest BCUT2D eigenvalue weighted by Gasteiger charge is -2.26. The fraction of sp³-hybridized carbons (Fsp3) is 0.333. The quantitative estimate of drug-likeness (QED) is 0.882. The minimum absolute atomic E-state index is 0.107. The van der Waals surface area contributed by atoms with E-state index in [9.17, 15) is 9.59 Å². The van der Waals surface area contributed by atoms with E-state index in [1.54, 1.807) is 6.07 Å². The Kier molecular flexibility index (Phi) is 6.08. The minimum Gasteiger partial charge on any atom is -0.378 e. The lowest BCUT2D eigenvalue weighted by Crippen LogP contribution is -2.41. The van der Waals surface area contributed by atoms with E-state index in [2.05, 4.69) is 5.32 Å². The molecule has 0 radical (unpaired) electrons. The SMILES string of the molecule is CN(C)c1cccc(C(=O)Nc2ccc(CC(=O)N3CCOCC3)cc2)c1. The van der Waals surface area contributed by atoms with Gasteiger partial charge in [0.15, 0.2) is 0 Å². The van der Waals surface area contributed by atoms with Gasteiger partial charge in [0.2, 0.25) is 5.91 Å². The monoisotopic (exact) mass is 367 g/mol. The molecule has 2 aromatic rings. The van der Waals surface area contributed by atoms with E-state index in [0.717, 1.165) is 11.3 Å². The molecule has 0 bridgehead atoms. The second-order valence-corrected chi connectivity index (χ2v) is 6.77. The summed E-state index contributed by atoms with van der Waals surface area (Å²) >= 11 is 0. The number of carbonyl (C=O) groups excluding carboxylic acids is 2. The summed E-state index contributed by atoms with van der Waals surface area (Å²) in [6, 6.07) is 14.9. The van der Waals surface area contributed by atoms with E-state index >= 15 is 0 Å². The predicted octanol–water partition coefficient (Wildman–Crippen LogP) is 2.41. The molecule has 0 atom stereocenters. The molecule has 1 fully saturated rings. The molecular weight excluding hydrogens is 342 g/mol. The zero-order chi connectivity index (χ0) is 19.2. The molecule has 2 amide bonds. The molecule has 1 aliphatic rings. The van der Waals surface area contributed by atoms with Gasteiger partial charge in [-0.3, -0.25) is 9.59 Å². The summed E-state index contributed by atoms with van der Waals surface area (Å²) in [5, 5.41) is 2.90. The van der Waals surface area contributed by atoms with Crippen LogP contribution in [0.15, 0.2) is 48.5 Å². The van der Waals surface area contributed by atoms with Crippen molar-refractivity contribution in [3.63, 3.8) is 0 Å². The normalized spacial score (nSPS) is 13.9. The summed E-state index contributed by atoms with van der Waals surface area (Å²) in [6.45, 7) is 2.51. The highest BCUT2D eigenvalue weighted by atomic mass is 16.5. The van der Waals surface area contributed by atoms with Crippen LogP contribution in [0.5, 0.6) is 0 Å². The second kappa shape index (κ2) is 8.68. The molecule has 1 N–H and O–H groups in total. The molecular formula is C21H25N3O3. The molecule has 1 aliphatic heterocycles. The van der Waals surface area contributed by atoms with Crippen LogP contribution in [0, 0.1) is 0 Å². The summed E-state index contributed by atoms with van der Waals surface area (Å²) < 4.78 is 5.27. The van der Waals surface area contributed by atoms with Crippen LogP contribution in [0.25, 0.3) is 0 Å². The third-order valence-corrected chi connectivity index (χ3v) is 4.56. The molecule has 1 saturated heterocycles. The first-order valence-corrected chi connectivity index (χ1v) is 9.06. The second-order valence-electron chi connectivity index (χ2n) is 6.77. The maximum atomic E-state index is 12.5. The van der Waals surface area contributed by atoms with Gasteiger partial charge in [-0.25, -0.2) is 0 Å². The molecule has 27 heavy (non-hydrogen) atoms. The van der Waals surface area contributed by atoms with Gasteiger partial charge in [-0.15, -0.1) is 0 Å². The summed E-state index contributed by atoms with van der Waals surface area (Å²) in [4.78, 5) is 28.5. The van der Waals surface area contributed by atoms with Gasteiger partial charge in [0.05, 0.1) is 19.6 Å². The highest BCUT2D eigenvalue weighted by molar-refractivity contribution is 6.04. The Balaban J connectivity index is 1.59. The number of benzene rings is 2. The van der Waals surface area contributed by atoms with Gasteiger partial charge in [0, 0.05) is 44.1 Å². The van der Waals surface area contributed by atoms with Crippen LogP contribution in [0.4, 0.5) is 11.4 Å². The van der Waals surface area contributed by atoms with E-state index < -0.39 is 0 Å². The number of hydrogen-bond donors (Lipinski definition) is 1. The number of carbonyl (C=O) groups is 2. The lowest BCUT2D eigenvalue weighted by atomic mass is 10.1. The predicted molar refractivity (Wildman–Crippen MR) is 106 cm³/mol. The van der Waals surface area contributed by atoms with Crippen LogP contribution in [0.2, 0.25) is 0 Å². The minimum atomic E-state index is -0.157. The van der Waals surface area contributed by atoms with Crippen LogP contribution in [-0.4, -0.2) is 57.1 Å². The van der Waals surface area contributed by atoms with Gasteiger partial charge in [-0.05, 0) is 35.9 Å². The van der Waals surface area contributed by atoms with E-state index in [1.807, 2.05) is 66.4 Å². The van der Waals surface area contributed by atoms with Crippen molar-refractivity contribution < 1.29 is 14.3 Å². The summed E-state index contributed by atoms with van der Waals surface area (Å²) in [5.74, 6) is -0.0496. The van der Waals surface area contributed by atoms with Crippen molar-refractivity contribution in [3.05, 3.63) is 59.7 Å².